The van der Waals surface area contributed by atoms with E-state index in [4.69, 9.17) is 5.11 Å². The highest BCUT2D eigenvalue weighted by molar-refractivity contribution is 5.81. The van der Waals surface area contributed by atoms with E-state index in [1.165, 1.54) is 5.56 Å². The van der Waals surface area contributed by atoms with E-state index in [1.54, 1.807) is 0 Å². The van der Waals surface area contributed by atoms with E-state index >= 15 is 0 Å². The summed E-state index contributed by atoms with van der Waals surface area (Å²) in [6, 6.07) is 10.8. The van der Waals surface area contributed by atoms with Crippen molar-refractivity contribution < 1.29 is 14.7 Å². The van der Waals surface area contributed by atoms with Crippen LogP contribution in [0.1, 0.15) is 44.1 Å². The Bertz CT molecular complexity index is 557. The number of amides is 1. The first-order valence-corrected chi connectivity index (χ1v) is 8.69. The second-order valence-electron chi connectivity index (χ2n) is 7.12. The van der Waals surface area contributed by atoms with Gasteiger partial charge in [-0.15, -0.1) is 0 Å². The fourth-order valence-corrected chi connectivity index (χ4v) is 4.10. The number of hydrogen-bond acceptors (Lipinski definition) is 2. The number of nitrogens with one attached hydrogen (secondary N) is 1. The number of aliphatic carboxylic acids is 1. The Morgan fingerprint density at radius 2 is 1.74 bits per heavy atom. The molecule has 0 heterocycles. The first kappa shape index (κ1) is 16.0. The highest BCUT2D eigenvalue weighted by Crippen LogP contribution is 2.33. The third kappa shape index (κ3) is 4.12. The van der Waals surface area contributed by atoms with Crippen LogP contribution in [0.25, 0.3) is 0 Å². The second kappa shape index (κ2) is 7.16. The molecular formula is C19H25NO3. The minimum atomic E-state index is -0.760. The van der Waals surface area contributed by atoms with Crippen LogP contribution in [-0.4, -0.2) is 23.0 Å². The lowest BCUT2D eigenvalue weighted by Crippen LogP contribution is -2.37. The van der Waals surface area contributed by atoms with Crippen LogP contribution < -0.4 is 5.32 Å². The van der Waals surface area contributed by atoms with Gasteiger partial charge < -0.3 is 10.4 Å². The van der Waals surface area contributed by atoms with Gasteiger partial charge in [0.2, 0.25) is 5.91 Å². The summed E-state index contributed by atoms with van der Waals surface area (Å²) in [5.41, 5.74) is 1.37. The van der Waals surface area contributed by atoms with Crippen molar-refractivity contribution in [3.63, 3.8) is 0 Å². The van der Waals surface area contributed by atoms with Crippen LogP contribution >= 0.6 is 0 Å². The predicted molar refractivity (Wildman–Crippen MR) is 87.9 cm³/mol. The lowest BCUT2D eigenvalue weighted by molar-refractivity contribution is -0.141. The topological polar surface area (TPSA) is 66.4 Å². The van der Waals surface area contributed by atoms with E-state index < -0.39 is 5.97 Å². The van der Waals surface area contributed by atoms with E-state index in [1.807, 2.05) is 6.07 Å². The molecule has 1 aromatic carbocycles. The van der Waals surface area contributed by atoms with Gasteiger partial charge >= 0.3 is 5.97 Å². The van der Waals surface area contributed by atoms with Gasteiger partial charge in [0.15, 0.2) is 0 Å². The van der Waals surface area contributed by atoms with Crippen molar-refractivity contribution in [3.05, 3.63) is 35.9 Å². The van der Waals surface area contributed by atoms with Crippen molar-refractivity contribution in [2.45, 2.75) is 51.0 Å². The average Bonchev–Trinajstić information content (AvgIpc) is 3.18. The zero-order valence-electron chi connectivity index (χ0n) is 13.4. The number of carbonyl (C=O) groups is 2. The summed E-state index contributed by atoms with van der Waals surface area (Å²) in [5.74, 6) is -0.495. The second-order valence-corrected chi connectivity index (χ2v) is 7.12. The Balaban J connectivity index is 1.45. The molecule has 0 aliphatic heterocycles. The summed E-state index contributed by atoms with van der Waals surface area (Å²) < 4.78 is 0. The first-order valence-electron chi connectivity index (χ1n) is 8.69. The molecule has 4 atom stereocenters. The van der Waals surface area contributed by atoms with Crippen LogP contribution in [0.2, 0.25) is 0 Å². The van der Waals surface area contributed by atoms with Crippen LogP contribution in [0, 0.1) is 17.8 Å². The summed E-state index contributed by atoms with van der Waals surface area (Å²) in [4.78, 5) is 23.3. The molecule has 2 unspecified atom stereocenters. The molecule has 2 saturated carbocycles. The Kier molecular flexibility index (Phi) is 4.99. The van der Waals surface area contributed by atoms with Crippen LogP contribution in [0.4, 0.5) is 0 Å². The number of rotatable bonds is 5. The minimum absolute atomic E-state index is 0.0686. The summed E-state index contributed by atoms with van der Waals surface area (Å²) in [6.45, 7) is 0. The molecule has 1 aromatic rings. The number of benzene rings is 1. The quantitative estimate of drug-likeness (QED) is 0.878. The highest BCUT2D eigenvalue weighted by Gasteiger charge is 2.35. The zero-order chi connectivity index (χ0) is 16.2. The molecule has 0 spiro atoms. The number of carboxylic acid groups (broad SMARTS) is 1. The van der Waals surface area contributed by atoms with Crippen molar-refractivity contribution in [1.29, 1.82) is 0 Å². The summed E-state index contributed by atoms with van der Waals surface area (Å²) in [6.07, 6.45) is 6.16. The maximum Gasteiger partial charge on any atom is 0.306 e. The SMILES string of the molecule is O=C(O)[C@@H]1CC[C@H](C(=O)NC2CCC(Cc3ccccc3)C2)C1. The monoisotopic (exact) mass is 315 g/mol. The molecular weight excluding hydrogens is 290 g/mol. The Morgan fingerprint density at radius 3 is 2.43 bits per heavy atom. The van der Waals surface area contributed by atoms with E-state index in [-0.39, 0.29) is 23.8 Å². The van der Waals surface area contributed by atoms with Crippen molar-refractivity contribution in [2.24, 2.45) is 17.8 Å². The lowest BCUT2D eigenvalue weighted by Gasteiger charge is -2.17. The number of carbonyl (C=O) groups excluding carboxylic acids is 1. The molecule has 2 aliphatic rings. The van der Waals surface area contributed by atoms with E-state index in [0.29, 0.717) is 25.2 Å². The van der Waals surface area contributed by atoms with Gasteiger partial charge in [-0.3, -0.25) is 9.59 Å². The molecule has 23 heavy (non-hydrogen) atoms. The molecule has 0 radical (unpaired) electrons. The van der Waals surface area contributed by atoms with Crippen molar-refractivity contribution >= 4 is 11.9 Å². The summed E-state index contributed by atoms with van der Waals surface area (Å²) >= 11 is 0. The van der Waals surface area contributed by atoms with Gasteiger partial charge in [0.25, 0.3) is 0 Å². The van der Waals surface area contributed by atoms with Gasteiger partial charge in [-0.05, 0) is 56.4 Å². The number of carboxylic acids is 1. The van der Waals surface area contributed by atoms with Gasteiger partial charge in [-0.2, -0.15) is 0 Å². The lowest BCUT2D eigenvalue weighted by atomic mass is 9.98. The van der Waals surface area contributed by atoms with Crippen molar-refractivity contribution in [3.8, 4) is 0 Å². The van der Waals surface area contributed by atoms with E-state index in [0.717, 1.165) is 25.7 Å². The van der Waals surface area contributed by atoms with Crippen LogP contribution in [0.5, 0.6) is 0 Å². The molecule has 0 bridgehead atoms. The molecule has 0 saturated heterocycles. The van der Waals surface area contributed by atoms with Gasteiger partial charge in [-0.1, -0.05) is 30.3 Å². The molecule has 1 amide bonds. The Labute approximate surface area is 137 Å². The normalized spacial score (nSPS) is 30.3. The minimum Gasteiger partial charge on any atom is -0.481 e. The fourth-order valence-electron chi connectivity index (χ4n) is 4.10. The Morgan fingerprint density at radius 1 is 1.00 bits per heavy atom. The van der Waals surface area contributed by atoms with E-state index in [2.05, 4.69) is 29.6 Å². The van der Waals surface area contributed by atoms with Gasteiger partial charge in [0.05, 0.1) is 5.92 Å². The smallest absolute Gasteiger partial charge is 0.306 e. The third-order valence-corrected chi connectivity index (χ3v) is 5.41. The molecule has 3 rings (SSSR count). The molecule has 2 aliphatic carbocycles. The average molecular weight is 315 g/mol. The molecule has 4 nitrogen and oxygen atoms in total. The molecule has 2 fully saturated rings. The van der Waals surface area contributed by atoms with Gasteiger partial charge in [0, 0.05) is 12.0 Å². The highest BCUT2D eigenvalue weighted by atomic mass is 16.4. The predicted octanol–water partition coefficient (Wildman–Crippen LogP) is 3.01. The first-order chi connectivity index (χ1) is 11.1. The van der Waals surface area contributed by atoms with Crippen molar-refractivity contribution in [1.82, 2.24) is 5.32 Å². The van der Waals surface area contributed by atoms with Crippen LogP contribution in [0.3, 0.4) is 0 Å². The summed E-state index contributed by atoms with van der Waals surface area (Å²) in [5, 5.41) is 12.2. The van der Waals surface area contributed by atoms with Gasteiger partial charge in [-0.25, -0.2) is 0 Å². The van der Waals surface area contributed by atoms with Crippen LogP contribution in [0.15, 0.2) is 30.3 Å². The maximum absolute atomic E-state index is 12.3. The van der Waals surface area contributed by atoms with E-state index in [9.17, 15) is 9.59 Å². The van der Waals surface area contributed by atoms with Crippen molar-refractivity contribution in [2.75, 3.05) is 0 Å². The Hall–Kier alpha value is -1.84. The maximum atomic E-state index is 12.3. The largest absolute Gasteiger partial charge is 0.481 e. The standard InChI is InChI=1S/C19H25NO3/c21-18(15-7-8-16(12-15)19(22)23)20-17-9-6-14(11-17)10-13-4-2-1-3-5-13/h1-5,14-17H,6-12H2,(H,20,21)(H,22,23)/t14?,15-,16+,17?/m0/s1. The molecule has 0 aromatic heterocycles. The van der Waals surface area contributed by atoms with Crippen LogP contribution in [-0.2, 0) is 16.0 Å². The molecule has 124 valence electrons. The number of hydrogen-bond donors (Lipinski definition) is 2. The zero-order valence-corrected chi connectivity index (χ0v) is 13.4. The molecule has 2 N–H and O–H groups in total. The molecule has 4 heteroatoms. The third-order valence-electron chi connectivity index (χ3n) is 5.41. The van der Waals surface area contributed by atoms with Gasteiger partial charge in [0.1, 0.15) is 0 Å². The fraction of sp³-hybridized carbons (Fsp3) is 0.579. The summed E-state index contributed by atoms with van der Waals surface area (Å²) in [7, 11) is 0.